The lowest BCUT2D eigenvalue weighted by Crippen LogP contribution is -2.10. The quantitative estimate of drug-likeness (QED) is 0.592. The van der Waals surface area contributed by atoms with Gasteiger partial charge in [0.05, 0.1) is 19.3 Å². The van der Waals surface area contributed by atoms with Crippen molar-refractivity contribution < 1.29 is 33.2 Å². The highest BCUT2D eigenvalue weighted by Crippen LogP contribution is 2.47. The van der Waals surface area contributed by atoms with Crippen LogP contribution >= 0.6 is 0 Å². The van der Waals surface area contributed by atoms with Crippen LogP contribution in [0.3, 0.4) is 0 Å². The van der Waals surface area contributed by atoms with E-state index in [0.717, 1.165) is 27.5 Å². The molecule has 0 saturated carbocycles. The Hall–Kier alpha value is -3.45. The third-order valence-corrected chi connectivity index (χ3v) is 5.37. The van der Waals surface area contributed by atoms with Gasteiger partial charge >= 0.3 is 5.97 Å². The molecule has 3 aromatic carbocycles. The Morgan fingerprint density at radius 1 is 0.933 bits per heavy atom. The number of ether oxygens (including phenoxy) is 6. The van der Waals surface area contributed by atoms with Crippen LogP contribution in [-0.4, -0.2) is 40.4 Å². The summed E-state index contributed by atoms with van der Waals surface area (Å²) in [6, 6.07) is 11.4. The molecule has 2 heterocycles. The minimum atomic E-state index is -0.400. The summed E-state index contributed by atoms with van der Waals surface area (Å²) in [4.78, 5) is 12.7. The van der Waals surface area contributed by atoms with Crippen LogP contribution in [0.25, 0.3) is 21.9 Å². The van der Waals surface area contributed by atoms with Gasteiger partial charge in [-0.3, -0.25) is 0 Å². The predicted octanol–water partition coefficient (Wildman–Crippen LogP) is 3.94. The molecule has 2 aliphatic rings. The van der Waals surface area contributed by atoms with Gasteiger partial charge in [0.25, 0.3) is 0 Å². The van der Waals surface area contributed by atoms with Crippen LogP contribution in [0.4, 0.5) is 0 Å². The highest BCUT2D eigenvalue weighted by Gasteiger charge is 2.27. The van der Waals surface area contributed by atoms with Crippen LogP contribution in [0.15, 0.2) is 36.4 Å². The van der Waals surface area contributed by atoms with Crippen molar-refractivity contribution in [3.63, 3.8) is 0 Å². The molecule has 3 aromatic rings. The first-order valence-electron chi connectivity index (χ1n) is 9.56. The smallest absolute Gasteiger partial charge is 0.338 e. The molecule has 0 amide bonds. The van der Waals surface area contributed by atoms with Crippen LogP contribution in [0, 0.1) is 0 Å². The lowest BCUT2D eigenvalue weighted by atomic mass is 9.87. The van der Waals surface area contributed by atoms with Gasteiger partial charge in [0.2, 0.25) is 13.6 Å². The second-order valence-electron chi connectivity index (χ2n) is 6.98. The summed E-state index contributed by atoms with van der Waals surface area (Å²) < 4.78 is 32.9. The van der Waals surface area contributed by atoms with Gasteiger partial charge in [0.15, 0.2) is 23.0 Å². The number of hydrogen-bond acceptors (Lipinski definition) is 7. The molecular formula is C23H20O7. The lowest BCUT2D eigenvalue weighted by Gasteiger charge is -2.19. The molecule has 0 atom stereocenters. The third kappa shape index (κ3) is 2.90. The Labute approximate surface area is 173 Å². The number of methoxy groups -OCH3 is 2. The van der Waals surface area contributed by atoms with Crippen molar-refractivity contribution in [1.82, 2.24) is 0 Å². The molecular weight excluding hydrogens is 388 g/mol. The van der Waals surface area contributed by atoms with E-state index in [9.17, 15) is 4.79 Å². The number of fused-ring (bicyclic) bond motifs is 4. The fourth-order valence-electron chi connectivity index (χ4n) is 4.02. The maximum absolute atomic E-state index is 12.7. The van der Waals surface area contributed by atoms with E-state index < -0.39 is 5.97 Å². The fraction of sp³-hybridized carbons (Fsp3) is 0.261. The second kappa shape index (κ2) is 7.42. The van der Waals surface area contributed by atoms with E-state index in [0.29, 0.717) is 41.6 Å². The molecule has 0 spiro atoms. The van der Waals surface area contributed by atoms with Gasteiger partial charge in [-0.2, -0.15) is 0 Å². The van der Waals surface area contributed by atoms with Crippen LogP contribution < -0.4 is 18.9 Å². The topological polar surface area (TPSA) is 72.5 Å². The zero-order valence-electron chi connectivity index (χ0n) is 16.7. The van der Waals surface area contributed by atoms with Crippen molar-refractivity contribution in [3.8, 4) is 34.1 Å². The van der Waals surface area contributed by atoms with Gasteiger partial charge in [-0.15, -0.1) is 0 Å². The first-order valence-corrected chi connectivity index (χ1v) is 9.56. The Bertz CT molecular complexity index is 1150. The number of carbonyl (C=O) groups is 1. The Balaban J connectivity index is 1.86. The minimum absolute atomic E-state index is 0.154. The van der Waals surface area contributed by atoms with Gasteiger partial charge in [0.1, 0.15) is 0 Å². The standard InChI is InChI=1S/C23H20O7/c1-25-8-7-15-16(23(24)26-2)9-13-4-6-18-22(30-12-28-18)21(13)20(15)14-3-5-17-19(10-14)29-11-27-17/h3-6,9-10H,7-8,11-12H2,1-2H3. The SMILES string of the molecule is COCCc1c(C(=O)OC)cc2ccc3c(c2c1-c1ccc2c(c1)OCO2)OCO3. The molecule has 7 nitrogen and oxygen atoms in total. The Kier molecular flexibility index (Phi) is 4.59. The Morgan fingerprint density at radius 3 is 2.53 bits per heavy atom. The molecule has 0 unspecified atom stereocenters. The number of hydrogen-bond donors (Lipinski definition) is 0. The molecule has 30 heavy (non-hydrogen) atoms. The normalized spacial score (nSPS) is 13.7. The molecule has 0 aliphatic carbocycles. The van der Waals surface area contributed by atoms with Crippen LogP contribution in [0.5, 0.6) is 23.0 Å². The molecule has 0 bridgehead atoms. The molecule has 2 aliphatic heterocycles. The molecule has 7 heteroatoms. The van der Waals surface area contributed by atoms with E-state index in [1.165, 1.54) is 7.11 Å². The molecule has 0 radical (unpaired) electrons. The zero-order chi connectivity index (χ0) is 20.7. The maximum Gasteiger partial charge on any atom is 0.338 e. The number of esters is 1. The number of rotatable bonds is 5. The highest BCUT2D eigenvalue weighted by molar-refractivity contribution is 6.09. The van der Waals surface area contributed by atoms with Gasteiger partial charge in [-0.05, 0) is 52.8 Å². The molecule has 0 saturated heterocycles. The van der Waals surface area contributed by atoms with E-state index in [1.807, 2.05) is 36.4 Å². The van der Waals surface area contributed by atoms with Gasteiger partial charge in [0, 0.05) is 12.5 Å². The number of carbonyl (C=O) groups excluding carboxylic acids is 1. The van der Waals surface area contributed by atoms with E-state index in [1.54, 1.807) is 7.11 Å². The van der Waals surface area contributed by atoms with Crippen molar-refractivity contribution in [2.75, 3.05) is 34.4 Å². The van der Waals surface area contributed by atoms with Crippen molar-refractivity contribution >= 4 is 16.7 Å². The van der Waals surface area contributed by atoms with Crippen molar-refractivity contribution in [2.45, 2.75) is 6.42 Å². The molecule has 0 aromatic heterocycles. The summed E-state index contributed by atoms with van der Waals surface area (Å²) in [5, 5.41) is 1.73. The van der Waals surface area contributed by atoms with E-state index in [4.69, 9.17) is 28.4 Å². The average molecular weight is 408 g/mol. The highest BCUT2D eigenvalue weighted by atomic mass is 16.7. The van der Waals surface area contributed by atoms with E-state index in [-0.39, 0.29) is 13.6 Å². The van der Waals surface area contributed by atoms with Gasteiger partial charge in [-0.25, -0.2) is 4.79 Å². The lowest BCUT2D eigenvalue weighted by molar-refractivity contribution is 0.0599. The van der Waals surface area contributed by atoms with Gasteiger partial charge in [-0.1, -0.05) is 12.1 Å². The molecule has 0 N–H and O–H groups in total. The van der Waals surface area contributed by atoms with Gasteiger partial charge < -0.3 is 28.4 Å². The predicted molar refractivity (Wildman–Crippen MR) is 109 cm³/mol. The monoisotopic (exact) mass is 408 g/mol. The second-order valence-corrected chi connectivity index (χ2v) is 6.98. The van der Waals surface area contributed by atoms with Crippen molar-refractivity contribution in [1.29, 1.82) is 0 Å². The summed E-state index contributed by atoms with van der Waals surface area (Å²) in [6.07, 6.45) is 0.519. The largest absolute Gasteiger partial charge is 0.465 e. The molecule has 154 valence electrons. The summed E-state index contributed by atoms with van der Waals surface area (Å²) in [5.41, 5.74) is 3.06. The first kappa shape index (κ1) is 18.6. The summed E-state index contributed by atoms with van der Waals surface area (Å²) in [6.45, 7) is 0.783. The zero-order valence-corrected chi connectivity index (χ0v) is 16.7. The van der Waals surface area contributed by atoms with E-state index >= 15 is 0 Å². The third-order valence-electron chi connectivity index (χ3n) is 5.37. The number of benzene rings is 3. The van der Waals surface area contributed by atoms with Crippen LogP contribution in [0.1, 0.15) is 15.9 Å². The molecule has 0 fully saturated rings. The summed E-state index contributed by atoms with van der Waals surface area (Å²) in [7, 11) is 3.01. The van der Waals surface area contributed by atoms with Crippen molar-refractivity contribution in [3.05, 3.63) is 47.5 Å². The Morgan fingerprint density at radius 2 is 1.70 bits per heavy atom. The van der Waals surface area contributed by atoms with Crippen LogP contribution in [0.2, 0.25) is 0 Å². The average Bonchev–Trinajstić information content (AvgIpc) is 3.44. The van der Waals surface area contributed by atoms with E-state index in [2.05, 4.69) is 0 Å². The summed E-state index contributed by atoms with van der Waals surface area (Å²) in [5.74, 6) is 2.29. The fourth-order valence-corrected chi connectivity index (χ4v) is 4.02. The van der Waals surface area contributed by atoms with Crippen molar-refractivity contribution in [2.24, 2.45) is 0 Å². The first-order chi connectivity index (χ1) is 14.7. The minimum Gasteiger partial charge on any atom is -0.465 e. The maximum atomic E-state index is 12.7. The van der Waals surface area contributed by atoms with Crippen LogP contribution in [-0.2, 0) is 15.9 Å². The summed E-state index contributed by atoms with van der Waals surface area (Å²) >= 11 is 0. The molecule has 5 rings (SSSR count).